The minimum atomic E-state index is -0.497. The average molecular weight is 417 g/mol. The maximum Gasteiger partial charge on any atom is 0.257 e. The number of carbonyl (C=O) groups is 1. The molecule has 31 heavy (non-hydrogen) atoms. The maximum absolute atomic E-state index is 14.4. The number of benzene rings is 1. The predicted octanol–water partition coefficient (Wildman–Crippen LogP) is 2.53. The Bertz CT molecular complexity index is 1350. The van der Waals surface area contributed by atoms with Crippen LogP contribution in [0.15, 0.2) is 43.0 Å². The number of aryl methyl sites for hydroxylation is 1. The highest BCUT2D eigenvalue weighted by Gasteiger charge is 2.38. The highest BCUT2D eigenvalue weighted by atomic mass is 19.1. The Hall–Kier alpha value is -3.59. The summed E-state index contributed by atoms with van der Waals surface area (Å²) >= 11 is 0. The largest absolute Gasteiger partial charge is 0.364 e. The van der Waals surface area contributed by atoms with Crippen LogP contribution in [0.25, 0.3) is 16.7 Å². The molecule has 5 heterocycles. The topological polar surface area (TPSA) is 87.5 Å². The minimum absolute atomic E-state index is 0.227. The van der Waals surface area contributed by atoms with Crippen molar-refractivity contribution in [3.05, 3.63) is 60.1 Å². The van der Waals surface area contributed by atoms with Crippen molar-refractivity contribution in [2.75, 3.05) is 23.3 Å². The van der Waals surface area contributed by atoms with Gasteiger partial charge in [-0.05, 0) is 25.5 Å². The van der Waals surface area contributed by atoms with E-state index >= 15 is 0 Å². The van der Waals surface area contributed by atoms with E-state index in [0.717, 1.165) is 25.2 Å². The van der Waals surface area contributed by atoms with Gasteiger partial charge in [-0.1, -0.05) is 0 Å². The number of amides is 1. The van der Waals surface area contributed by atoms with Gasteiger partial charge in [0.1, 0.15) is 11.0 Å². The van der Waals surface area contributed by atoms with E-state index in [0.29, 0.717) is 40.1 Å². The number of anilines is 2. The highest BCUT2D eigenvalue weighted by Crippen LogP contribution is 2.34. The van der Waals surface area contributed by atoms with E-state index in [-0.39, 0.29) is 11.6 Å². The number of nitrogens with one attached hydrogen (secondary N) is 2. The Kier molecular flexibility index (Phi) is 3.94. The van der Waals surface area contributed by atoms with Gasteiger partial charge in [-0.25, -0.2) is 9.37 Å². The molecule has 1 aromatic carbocycles. The maximum atomic E-state index is 14.4. The molecule has 9 heteroatoms. The van der Waals surface area contributed by atoms with Crippen LogP contribution in [0.3, 0.4) is 0 Å². The first-order valence-electron chi connectivity index (χ1n) is 10.3. The van der Waals surface area contributed by atoms with Crippen molar-refractivity contribution in [3.8, 4) is 0 Å². The van der Waals surface area contributed by atoms with Gasteiger partial charge in [0.15, 0.2) is 11.5 Å². The summed E-state index contributed by atoms with van der Waals surface area (Å²) < 4.78 is 16.0. The molecule has 2 saturated heterocycles. The molecule has 6 rings (SSSR count). The highest BCUT2D eigenvalue weighted by molar-refractivity contribution is 6.13. The summed E-state index contributed by atoms with van der Waals surface area (Å²) in [4.78, 5) is 28.6. The first kappa shape index (κ1) is 18.2. The second kappa shape index (κ2) is 6.71. The second-order valence-corrected chi connectivity index (χ2v) is 8.18. The number of piperazine rings is 1. The van der Waals surface area contributed by atoms with E-state index < -0.39 is 5.82 Å². The lowest BCUT2D eigenvalue weighted by Crippen LogP contribution is -2.43. The molecule has 156 valence electrons. The standard InChI is InChI=1S/C22H20FN7O/c1-12-9-29-10-14(7-17(23)21(29)27-12)28-22(31)16-2-3-18(20-19(16)24-4-5-25-20)30-11-13-6-15(30)8-26-13/h2-5,7,9-10,13,15,26H,6,8,11H2,1H3,(H,28,31). The summed E-state index contributed by atoms with van der Waals surface area (Å²) in [6.07, 6.45) is 7.70. The Morgan fingerprint density at radius 3 is 2.84 bits per heavy atom. The number of aromatic nitrogens is 4. The molecule has 0 radical (unpaired) electrons. The molecule has 0 spiro atoms. The zero-order chi connectivity index (χ0) is 21.1. The first-order valence-corrected chi connectivity index (χ1v) is 10.3. The van der Waals surface area contributed by atoms with E-state index in [1.807, 2.05) is 6.07 Å². The molecule has 2 N–H and O–H groups in total. The summed E-state index contributed by atoms with van der Waals surface area (Å²) in [5.41, 5.74) is 3.90. The summed E-state index contributed by atoms with van der Waals surface area (Å²) in [5, 5.41) is 6.29. The SMILES string of the molecule is Cc1cn2cc(NC(=O)c3ccc(N4CC5CC4CN5)c4nccnc34)cc(F)c2n1. The fourth-order valence-corrected chi connectivity index (χ4v) is 4.76. The van der Waals surface area contributed by atoms with Crippen LogP contribution in [-0.2, 0) is 0 Å². The van der Waals surface area contributed by atoms with Gasteiger partial charge < -0.3 is 19.9 Å². The van der Waals surface area contributed by atoms with Gasteiger partial charge in [-0.3, -0.25) is 14.8 Å². The van der Waals surface area contributed by atoms with E-state index in [1.54, 1.807) is 42.2 Å². The number of hydrogen-bond acceptors (Lipinski definition) is 6. The monoisotopic (exact) mass is 417 g/mol. The molecule has 2 unspecified atom stereocenters. The molecule has 1 amide bonds. The van der Waals surface area contributed by atoms with Gasteiger partial charge in [-0.15, -0.1) is 0 Å². The molecular weight excluding hydrogens is 397 g/mol. The van der Waals surface area contributed by atoms with E-state index in [2.05, 4.69) is 30.5 Å². The number of nitrogens with zero attached hydrogens (tertiary/aromatic N) is 5. The van der Waals surface area contributed by atoms with Crippen LogP contribution in [0.4, 0.5) is 15.8 Å². The van der Waals surface area contributed by atoms with Crippen LogP contribution in [0.5, 0.6) is 0 Å². The van der Waals surface area contributed by atoms with E-state index in [4.69, 9.17) is 0 Å². The molecule has 2 bridgehead atoms. The van der Waals surface area contributed by atoms with E-state index in [1.165, 1.54) is 6.07 Å². The lowest BCUT2D eigenvalue weighted by Gasteiger charge is -2.30. The number of imidazole rings is 1. The molecular formula is C22H20FN7O. The van der Waals surface area contributed by atoms with Crippen molar-refractivity contribution in [3.63, 3.8) is 0 Å². The van der Waals surface area contributed by atoms with Crippen LogP contribution in [0.2, 0.25) is 0 Å². The van der Waals surface area contributed by atoms with E-state index in [9.17, 15) is 9.18 Å². The number of rotatable bonds is 3. The normalized spacial score (nSPS) is 20.1. The fraction of sp³-hybridized carbons (Fsp3) is 0.273. The van der Waals surface area contributed by atoms with Crippen LogP contribution >= 0.6 is 0 Å². The first-order chi connectivity index (χ1) is 15.1. The average Bonchev–Trinajstić information content (AvgIpc) is 3.48. The third-order valence-electron chi connectivity index (χ3n) is 6.10. The van der Waals surface area contributed by atoms with Crippen molar-refractivity contribution in [2.24, 2.45) is 0 Å². The quantitative estimate of drug-likeness (QED) is 0.533. The number of carbonyl (C=O) groups excluding carboxylic acids is 1. The van der Waals surface area contributed by atoms with Gasteiger partial charge >= 0.3 is 0 Å². The van der Waals surface area contributed by atoms with Crippen LogP contribution in [0.1, 0.15) is 22.5 Å². The Labute approximate surface area is 177 Å². The lowest BCUT2D eigenvalue weighted by atomic mass is 10.1. The zero-order valence-corrected chi connectivity index (χ0v) is 16.8. The second-order valence-electron chi connectivity index (χ2n) is 8.18. The van der Waals surface area contributed by atoms with Gasteiger partial charge in [0.25, 0.3) is 5.91 Å². The van der Waals surface area contributed by atoms with Crippen molar-refractivity contribution in [1.82, 2.24) is 24.7 Å². The smallest absolute Gasteiger partial charge is 0.257 e. The Balaban J connectivity index is 1.37. The molecule has 2 aliphatic heterocycles. The lowest BCUT2D eigenvalue weighted by molar-refractivity contribution is 0.102. The molecule has 2 fully saturated rings. The van der Waals surface area contributed by atoms with Gasteiger partial charge in [0.2, 0.25) is 0 Å². The van der Waals surface area contributed by atoms with Crippen LogP contribution < -0.4 is 15.5 Å². The molecule has 2 atom stereocenters. The van der Waals surface area contributed by atoms with Crippen molar-refractivity contribution in [2.45, 2.75) is 25.4 Å². The summed E-state index contributed by atoms with van der Waals surface area (Å²) in [6, 6.07) is 5.92. The van der Waals surface area contributed by atoms with Gasteiger partial charge in [0.05, 0.1) is 22.6 Å². The Morgan fingerprint density at radius 1 is 1.23 bits per heavy atom. The molecule has 4 aromatic rings. The number of fused-ring (bicyclic) bond motifs is 4. The number of pyridine rings is 1. The molecule has 0 aliphatic carbocycles. The van der Waals surface area contributed by atoms with Gasteiger partial charge in [-0.2, -0.15) is 0 Å². The minimum Gasteiger partial charge on any atom is -0.364 e. The molecule has 8 nitrogen and oxygen atoms in total. The summed E-state index contributed by atoms with van der Waals surface area (Å²) in [5.74, 6) is -0.860. The fourth-order valence-electron chi connectivity index (χ4n) is 4.76. The number of hydrogen-bond donors (Lipinski definition) is 2. The predicted molar refractivity (Wildman–Crippen MR) is 115 cm³/mol. The summed E-state index contributed by atoms with van der Waals surface area (Å²) in [6.45, 7) is 3.67. The molecule has 0 saturated carbocycles. The third kappa shape index (κ3) is 2.92. The molecule has 3 aromatic heterocycles. The zero-order valence-electron chi connectivity index (χ0n) is 16.8. The number of halogens is 1. The third-order valence-corrected chi connectivity index (χ3v) is 6.10. The van der Waals surface area contributed by atoms with Crippen molar-refractivity contribution in [1.29, 1.82) is 0 Å². The summed E-state index contributed by atoms with van der Waals surface area (Å²) in [7, 11) is 0. The van der Waals surface area contributed by atoms with Crippen LogP contribution in [0, 0.1) is 12.7 Å². The van der Waals surface area contributed by atoms with Crippen molar-refractivity contribution < 1.29 is 9.18 Å². The van der Waals surface area contributed by atoms with Gasteiger partial charge in [0, 0.05) is 56.0 Å². The Morgan fingerprint density at radius 2 is 2.06 bits per heavy atom. The van der Waals surface area contributed by atoms with Crippen molar-refractivity contribution >= 4 is 34.0 Å². The molecule has 2 aliphatic rings. The van der Waals surface area contributed by atoms with Crippen LogP contribution in [-0.4, -0.2) is 50.4 Å².